The predicted molar refractivity (Wildman–Crippen MR) is 94.3 cm³/mol. The number of anilines is 2. The normalized spacial score (nSPS) is 17.0. The van der Waals surface area contributed by atoms with E-state index in [1.54, 1.807) is 16.7 Å². The maximum absolute atomic E-state index is 12.7. The number of carbonyl (C=O) groups excluding carboxylic acids is 1. The van der Waals surface area contributed by atoms with E-state index in [1.807, 2.05) is 43.3 Å². The quantitative estimate of drug-likeness (QED) is 0.780. The fourth-order valence-electron chi connectivity index (χ4n) is 2.51. The fourth-order valence-corrected chi connectivity index (χ4v) is 3.79. The first-order chi connectivity index (χ1) is 10.6. The van der Waals surface area contributed by atoms with E-state index in [-0.39, 0.29) is 6.03 Å². The first-order valence-corrected chi connectivity index (χ1v) is 8.41. The summed E-state index contributed by atoms with van der Waals surface area (Å²) in [6.07, 6.45) is 0. The van der Waals surface area contributed by atoms with Crippen molar-refractivity contribution in [2.75, 3.05) is 16.8 Å². The van der Waals surface area contributed by atoms with E-state index in [9.17, 15) is 4.79 Å². The zero-order valence-corrected chi connectivity index (χ0v) is 14.0. The molecule has 0 unspecified atom stereocenters. The van der Waals surface area contributed by atoms with Crippen molar-refractivity contribution >= 4 is 40.8 Å². The van der Waals surface area contributed by atoms with E-state index < -0.39 is 0 Å². The minimum atomic E-state index is -0.120. The molecule has 3 nitrogen and oxygen atoms in total. The summed E-state index contributed by atoms with van der Waals surface area (Å²) in [4.78, 5) is 15.6. The van der Waals surface area contributed by atoms with Crippen LogP contribution in [-0.4, -0.2) is 17.8 Å². The fraction of sp³-hybridized carbons (Fsp3) is 0.235. The van der Waals surface area contributed by atoms with Gasteiger partial charge in [-0.2, -0.15) is 0 Å². The predicted octanol–water partition coefficient (Wildman–Crippen LogP) is 5.18. The summed E-state index contributed by atoms with van der Waals surface area (Å²) >= 11 is 7.92. The molecule has 0 bridgehead atoms. The van der Waals surface area contributed by atoms with Crippen molar-refractivity contribution in [3.63, 3.8) is 0 Å². The number of hydrogen-bond acceptors (Lipinski definition) is 2. The summed E-state index contributed by atoms with van der Waals surface area (Å²) in [6, 6.07) is 13.4. The topological polar surface area (TPSA) is 32.3 Å². The van der Waals surface area contributed by atoms with Crippen molar-refractivity contribution < 1.29 is 4.79 Å². The number of para-hydroxylation sites is 1. The van der Waals surface area contributed by atoms with Crippen LogP contribution < -0.4 is 10.2 Å². The number of urea groups is 1. The molecule has 0 saturated carbocycles. The Balaban J connectivity index is 1.88. The van der Waals surface area contributed by atoms with Crippen LogP contribution in [-0.2, 0) is 0 Å². The van der Waals surface area contributed by atoms with Gasteiger partial charge in [0.2, 0.25) is 0 Å². The maximum atomic E-state index is 12.7. The molecule has 1 aliphatic rings. The first-order valence-electron chi connectivity index (χ1n) is 7.15. The van der Waals surface area contributed by atoms with E-state index in [1.165, 1.54) is 0 Å². The highest BCUT2D eigenvalue weighted by molar-refractivity contribution is 8.00. The van der Waals surface area contributed by atoms with Gasteiger partial charge < -0.3 is 5.32 Å². The smallest absolute Gasteiger partial charge is 0.307 e. The monoisotopic (exact) mass is 332 g/mol. The molecular weight excluding hydrogens is 316 g/mol. The number of rotatable bonds is 1. The van der Waals surface area contributed by atoms with Crippen LogP contribution in [0.4, 0.5) is 16.2 Å². The summed E-state index contributed by atoms with van der Waals surface area (Å²) in [5, 5.41) is 3.99. The van der Waals surface area contributed by atoms with Crippen LogP contribution in [0.3, 0.4) is 0 Å². The second-order valence-corrected chi connectivity index (χ2v) is 7.24. The molecule has 5 heteroatoms. The summed E-state index contributed by atoms with van der Waals surface area (Å²) in [7, 11) is 0. The van der Waals surface area contributed by atoms with Gasteiger partial charge in [-0.25, -0.2) is 4.79 Å². The zero-order valence-electron chi connectivity index (χ0n) is 12.5. The van der Waals surface area contributed by atoms with Crippen molar-refractivity contribution in [1.82, 2.24) is 0 Å². The Morgan fingerprint density at radius 2 is 2.05 bits per heavy atom. The number of carbonyl (C=O) groups is 1. The van der Waals surface area contributed by atoms with Gasteiger partial charge >= 0.3 is 6.03 Å². The summed E-state index contributed by atoms with van der Waals surface area (Å²) < 4.78 is 0. The molecule has 1 heterocycles. The van der Waals surface area contributed by atoms with Gasteiger partial charge in [0, 0.05) is 27.4 Å². The van der Waals surface area contributed by atoms with Gasteiger partial charge in [-0.05, 0) is 36.8 Å². The second kappa shape index (κ2) is 6.23. The SMILES string of the molecule is Cc1c(Cl)cccc1NC(=O)N1C[C@H](C)Sc2ccccc21. The van der Waals surface area contributed by atoms with Crippen LogP contribution in [0.1, 0.15) is 12.5 Å². The third-order valence-electron chi connectivity index (χ3n) is 3.68. The number of amides is 2. The number of nitrogens with zero attached hydrogens (tertiary/aromatic N) is 1. The molecule has 2 amide bonds. The van der Waals surface area contributed by atoms with Crippen LogP contribution in [0.25, 0.3) is 0 Å². The lowest BCUT2D eigenvalue weighted by molar-refractivity contribution is 0.256. The van der Waals surface area contributed by atoms with Gasteiger partial charge in [0.1, 0.15) is 0 Å². The molecule has 1 N–H and O–H groups in total. The largest absolute Gasteiger partial charge is 0.326 e. The number of thioether (sulfide) groups is 1. The molecule has 0 spiro atoms. The molecule has 22 heavy (non-hydrogen) atoms. The number of fused-ring (bicyclic) bond motifs is 1. The highest BCUT2D eigenvalue weighted by atomic mass is 35.5. The van der Waals surface area contributed by atoms with Gasteiger partial charge in [-0.3, -0.25) is 4.90 Å². The highest BCUT2D eigenvalue weighted by Gasteiger charge is 2.27. The lowest BCUT2D eigenvalue weighted by Gasteiger charge is -2.32. The third kappa shape index (κ3) is 2.94. The van der Waals surface area contributed by atoms with Crippen molar-refractivity contribution in [3.8, 4) is 0 Å². The van der Waals surface area contributed by atoms with E-state index >= 15 is 0 Å². The number of hydrogen-bond donors (Lipinski definition) is 1. The molecule has 1 atom stereocenters. The molecule has 0 aliphatic carbocycles. The number of nitrogens with one attached hydrogen (secondary N) is 1. The Kier molecular flexibility index (Phi) is 4.32. The Morgan fingerprint density at radius 1 is 1.27 bits per heavy atom. The van der Waals surface area contributed by atoms with Crippen LogP contribution in [0.5, 0.6) is 0 Å². The molecular formula is C17H17ClN2OS. The number of halogens is 1. The van der Waals surface area contributed by atoms with E-state index in [2.05, 4.69) is 18.3 Å². The average molecular weight is 333 g/mol. The Labute approximate surface area is 139 Å². The molecule has 0 fully saturated rings. The second-order valence-electron chi connectivity index (χ2n) is 5.35. The molecule has 3 rings (SSSR count). The average Bonchev–Trinajstić information content (AvgIpc) is 2.51. The molecule has 0 saturated heterocycles. The van der Waals surface area contributed by atoms with Crippen LogP contribution in [0, 0.1) is 6.92 Å². The van der Waals surface area contributed by atoms with E-state index in [0.29, 0.717) is 16.8 Å². The van der Waals surface area contributed by atoms with Crippen LogP contribution >= 0.6 is 23.4 Å². The summed E-state index contributed by atoms with van der Waals surface area (Å²) in [5.41, 5.74) is 2.59. The highest BCUT2D eigenvalue weighted by Crippen LogP contribution is 2.38. The third-order valence-corrected chi connectivity index (χ3v) is 5.24. The van der Waals surface area contributed by atoms with E-state index in [4.69, 9.17) is 11.6 Å². The Hall–Kier alpha value is -1.65. The minimum absolute atomic E-state index is 0.120. The molecule has 0 aromatic heterocycles. The molecule has 0 radical (unpaired) electrons. The summed E-state index contributed by atoms with van der Waals surface area (Å²) in [5.74, 6) is 0. The van der Waals surface area contributed by atoms with Gasteiger partial charge in [-0.1, -0.05) is 36.7 Å². The lowest BCUT2D eigenvalue weighted by Crippen LogP contribution is -2.41. The van der Waals surface area contributed by atoms with E-state index in [0.717, 1.165) is 21.8 Å². The summed E-state index contributed by atoms with van der Waals surface area (Å²) in [6.45, 7) is 4.72. The maximum Gasteiger partial charge on any atom is 0.326 e. The minimum Gasteiger partial charge on any atom is -0.307 e. The molecule has 2 aromatic carbocycles. The van der Waals surface area contributed by atoms with Crippen molar-refractivity contribution in [1.29, 1.82) is 0 Å². The van der Waals surface area contributed by atoms with Crippen LogP contribution in [0.15, 0.2) is 47.4 Å². The van der Waals surface area contributed by atoms with Crippen molar-refractivity contribution in [2.24, 2.45) is 0 Å². The first kappa shape index (κ1) is 15.3. The Morgan fingerprint density at radius 3 is 2.86 bits per heavy atom. The molecule has 2 aromatic rings. The van der Waals surface area contributed by atoms with Crippen LogP contribution in [0.2, 0.25) is 5.02 Å². The van der Waals surface area contributed by atoms with Crippen molar-refractivity contribution in [3.05, 3.63) is 53.1 Å². The molecule has 114 valence electrons. The lowest BCUT2D eigenvalue weighted by atomic mass is 10.2. The van der Waals surface area contributed by atoms with Gasteiger partial charge in [-0.15, -0.1) is 11.8 Å². The standard InChI is InChI=1S/C17H17ClN2OS/c1-11-10-20(15-8-3-4-9-16(15)22-11)17(21)19-14-7-5-6-13(18)12(14)2/h3-9,11H,10H2,1-2H3,(H,19,21)/t11-/m0/s1. The zero-order chi connectivity index (χ0) is 15.7. The number of benzene rings is 2. The van der Waals surface area contributed by atoms with Crippen molar-refractivity contribution in [2.45, 2.75) is 24.0 Å². The van der Waals surface area contributed by atoms with Gasteiger partial charge in [0.15, 0.2) is 0 Å². The van der Waals surface area contributed by atoms with Gasteiger partial charge in [0.05, 0.1) is 5.69 Å². The molecule has 1 aliphatic heterocycles. The Bertz CT molecular complexity index is 720. The van der Waals surface area contributed by atoms with Gasteiger partial charge in [0.25, 0.3) is 0 Å².